The number of Topliss-reactive ketones (excluding diaryl/α,β-unsaturated/α-hetero) is 1. The van der Waals surface area contributed by atoms with Crippen molar-refractivity contribution in [2.24, 2.45) is 5.73 Å². The average molecular weight is 425 g/mol. The number of rotatable bonds is 9. The first-order chi connectivity index (χ1) is 14.6. The van der Waals surface area contributed by atoms with Crippen LogP contribution in [0.2, 0.25) is 0 Å². The van der Waals surface area contributed by atoms with Crippen LogP contribution < -0.4 is 15.2 Å². The quantitative estimate of drug-likeness (QED) is 0.375. The van der Waals surface area contributed by atoms with Crippen LogP contribution in [0.15, 0.2) is 48.5 Å². The van der Waals surface area contributed by atoms with Gasteiger partial charge < -0.3 is 19.9 Å². The van der Waals surface area contributed by atoms with Crippen LogP contribution in [0.25, 0.3) is 6.08 Å². The van der Waals surface area contributed by atoms with Crippen LogP contribution >= 0.6 is 0 Å². The highest BCUT2D eigenvalue weighted by atomic mass is 16.5. The SMILES string of the molecule is COc1cc(C=CC(=O)OCC(=O)c2ccc(C(C)(C)C)cc2)ccc1OCC(N)=O. The molecule has 2 N–H and O–H groups in total. The number of ketones is 1. The van der Waals surface area contributed by atoms with Gasteiger partial charge in [0.2, 0.25) is 0 Å². The summed E-state index contributed by atoms with van der Waals surface area (Å²) in [5.74, 6) is -0.796. The van der Waals surface area contributed by atoms with Gasteiger partial charge in [0.15, 0.2) is 30.5 Å². The minimum absolute atomic E-state index is 0.00626. The van der Waals surface area contributed by atoms with Crippen molar-refractivity contribution in [2.45, 2.75) is 26.2 Å². The highest BCUT2D eigenvalue weighted by Crippen LogP contribution is 2.28. The number of hydrogen-bond acceptors (Lipinski definition) is 6. The summed E-state index contributed by atoms with van der Waals surface area (Å²) in [5.41, 5.74) is 7.30. The maximum absolute atomic E-state index is 12.3. The molecule has 2 aromatic carbocycles. The number of ether oxygens (including phenoxy) is 3. The van der Waals surface area contributed by atoms with E-state index >= 15 is 0 Å². The van der Waals surface area contributed by atoms with E-state index in [1.807, 2.05) is 12.1 Å². The van der Waals surface area contributed by atoms with Crippen LogP contribution in [0, 0.1) is 0 Å². The largest absolute Gasteiger partial charge is 0.493 e. The zero-order valence-corrected chi connectivity index (χ0v) is 18.1. The molecule has 31 heavy (non-hydrogen) atoms. The Kier molecular flexibility index (Phi) is 7.96. The van der Waals surface area contributed by atoms with Gasteiger partial charge in [0.05, 0.1) is 7.11 Å². The van der Waals surface area contributed by atoms with Crippen LogP contribution in [0.1, 0.15) is 42.3 Å². The van der Waals surface area contributed by atoms with Gasteiger partial charge in [-0.05, 0) is 34.8 Å². The predicted octanol–water partition coefficient (Wildman–Crippen LogP) is 3.30. The van der Waals surface area contributed by atoms with E-state index < -0.39 is 11.9 Å². The van der Waals surface area contributed by atoms with Gasteiger partial charge in [-0.1, -0.05) is 51.1 Å². The third-order valence-corrected chi connectivity index (χ3v) is 4.39. The molecule has 1 amide bonds. The maximum atomic E-state index is 12.3. The fourth-order valence-corrected chi connectivity index (χ4v) is 2.64. The highest BCUT2D eigenvalue weighted by molar-refractivity contribution is 5.99. The zero-order valence-electron chi connectivity index (χ0n) is 18.1. The number of nitrogens with two attached hydrogens (primary N) is 1. The second kappa shape index (κ2) is 10.4. The fraction of sp³-hybridized carbons (Fsp3) is 0.292. The summed E-state index contributed by atoms with van der Waals surface area (Å²) in [4.78, 5) is 35.1. The molecule has 0 saturated carbocycles. The molecule has 0 heterocycles. The number of primary amides is 1. The van der Waals surface area contributed by atoms with Crippen molar-refractivity contribution in [3.05, 3.63) is 65.2 Å². The molecule has 164 valence electrons. The predicted molar refractivity (Wildman–Crippen MR) is 117 cm³/mol. The van der Waals surface area contributed by atoms with Crippen molar-refractivity contribution in [2.75, 3.05) is 20.3 Å². The Bertz CT molecular complexity index is 971. The molecule has 2 rings (SSSR count). The fourth-order valence-electron chi connectivity index (χ4n) is 2.64. The number of esters is 1. The molecular weight excluding hydrogens is 398 g/mol. The Hall–Kier alpha value is -3.61. The summed E-state index contributed by atoms with van der Waals surface area (Å²) in [6.07, 6.45) is 2.74. The maximum Gasteiger partial charge on any atom is 0.331 e. The van der Waals surface area contributed by atoms with Gasteiger partial charge in [-0.25, -0.2) is 4.79 Å². The zero-order chi connectivity index (χ0) is 23.0. The topological polar surface area (TPSA) is 105 Å². The molecular formula is C24H27NO6. The number of carbonyl (C=O) groups is 3. The molecule has 7 heteroatoms. The standard InChI is InChI=1S/C24H27NO6/c1-24(2,3)18-9-7-17(8-10-18)19(26)14-31-23(28)12-6-16-5-11-20(21(13-16)29-4)30-15-22(25)27/h5-13H,14-15H2,1-4H3,(H2,25,27). The second-order valence-corrected chi connectivity index (χ2v) is 7.86. The molecule has 0 aliphatic heterocycles. The first-order valence-corrected chi connectivity index (χ1v) is 9.68. The van der Waals surface area contributed by atoms with E-state index in [0.29, 0.717) is 22.6 Å². The summed E-state index contributed by atoms with van der Waals surface area (Å²) >= 11 is 0. The van der Waals surface area contributed by atoms with Crippen molar-refractivity contribution in [3.8, 4) is 11.5 Å². The summed E-state index contributed by atoms with van der Waals surface area (Å²) in [6, 6.07) is 12.2. The molecule has 7 nitrogen and oxygen atoms in total. The monoisotopic (exact) mass is 425 g/mol. The van der Waals surface area contributed by atoms with Gasteiger partial charge in [0.25, 0.3) is 5.91 Å². The summed E-state index contributed by atoms with van der Waals surface area (Å²) in [6.45, 7) is 5.66. The van der Waals surface area contributed by atoms with Gasteiger partial charge in [-0.2, -0.15) is 0 Å². The smallest absolute Gasteiger partial charge is 0.331 e. The molecule has 0 unspecified atom stereocenters. The number of carbonyl (C=O) groups excluding carboxylic acids is 3. The van der Waals surface area contributed by atoms with Gasteiger partial charge in [0, 0.05) is 11.6 Å². The molecule has 0 fully saturated rings. The molecule has 0 aliphatic carbocycles. The van der Waals surface area contributed by atoms with Crippen LogP contribution in [0.4, 0.5) is 0 Å². The highest BCUT2D eigenvalue weighted by Gasteiger charge is 2.15. The van der Waals surface area contributed by atoms with Crippen molar-refractivity contribution in [1.29, 1.82) is 0 Å². The van der Waals surface area contributed by atoms with Crippen molar-refractivity contribution >= 4 is 23.7 Å². The van der Waals surface area contributed by atoms with E-state index in [9.17, 15) is 14.4 Å². The third kappa shape index (κ3) is 7.29. The number of amides is 1. The lowest BCUT2D eigenvalue weighted by molar-refractivity contribution is -0.136. The van der Waals surface area contributed by atoms with Crippen LogP contribution in [-0.4, -0.2) is 38.0 Å². The molecule has 2 aromatic rings. The summed E-state index contributed by atoms with van der Waals surface area (Å²) < 4.78 is 15.5. The molecule has 0 saturated heterocycles. The minimum atomic E-state index is -0.646. The Morgan fingerprint density at radius 2 is 1.65 bits per heavy atom. The van der Waals surface area contributed by atoms with E-state index in [1.165, 1.54) is 19.3 Å². The van der Waals surface area contributed by atoms with E-state index in [-0.39, 0.29) is 24.4 Å². The molecule has 0 radical (unpaired) electrons. The normalized spacial score (nSPS) is 11.2. The first-order valence-electron chi connectivity index (χ1n) is 9.68. The molecule has 0 aliphatic rings. The Balaban J connectivity index is 1.93. The lowest BCUT2D eigenvalue weighted by Gasteiger charge is -2.18. The van der Waals surface area contributed by atoms with Gasteiger partial charge in [-0.15, -0.1) is 0 Å². The van der Waals surface area contributed by atoms with E-state index in [2.05, 4.69) is 20.8 Å². The summed E-state index contributed by atoms with van der Waals surface area (Å²) in [7, 11) is 1.45. The van der Waals surface area contributed by atoms with Crippen LogP contribution in [0.3, 0.4) is 0 Å². The van der Waals surface area contributed by atoms with Crippen molar-refractivity contribution in [3.63, 3.8) is 0 Å². The van der Waals surface area contributed by atoms with Crippen LogP contribution in [-0.2, 0) is 19.7 Å². The molecule has 0 aromatic heterocycles. The van der Waals surface area contributed by atoms with Crippen molar-refractivity contribution in [1.82, 2.24) is 0 Å². The number of methoxy groups -OCH3 is 1. The Morgan fingerprint density at radius 1 is 0.968 bits per heavy atom. The third-order valence-electron chi connectivity index (χ3n) is 4.39. The van der Waals surface area contributed by atoms with Crippen LogP contribution in [0.5, 0.6) is 11.5 Å². The molecule has 0 atom stereocenters. The second-order valence-electron chi connectivity index (χ2n) is 7.86. The molecule has 0 bridgehead atoms. The minimum Gasteiger partial charge on any atom is -0.493 e. The molecule has 0 spiro atoms. The number of hydrogen-bond donors (Lipinski definition) is 1. The Labute approximate surface area is 181 Å². The lowest BCUT2D eigenvalue weighted by atomic mass is 9.86. The van der Waals surface area contributed by atoms with Crippen molar-refractivity contribution < 1.29 is 28.6 Å². The average Bonchev–Trinajstić information content (AvgIpc) is 2.74. The van der Waals surface area contributed by atoms with E-state index in [1.54, 1.807) is 30.3 Å². The first kappa shape index (κ1) is 23.7. The van der Waals surface area contributed by atoms with E-state index in [4.69, 9.17) is 19.9 Å². The van der Waals surface area contributed by atoms with E-state index in [0.717, 1.165) is 5.56 Å². The summed E-state index contributed by atoms with van der Waals surface area (Å²) in [5, 5.41) is 0. The van der Waals surface area contributed by atoms with Gasteiger partial charge >= 0.3 is 5.97 Å². The Morgan fingerprint density at radius 3 is 2.23 bits per heavy atom. The van der Waals surface area contributed by atoms with Gasteiger partial charge in [0.1, 0.15) is 0 Å². The number of benzene rings is 2. The lowest BCUT2D eigenvalue weighted by Crippen LogP contribution is -2.20. The van der Waals surface area contributed by atoms with Gasteiger partial charge in [-0.3, -0.25) is 9.59 Å².